The highest BCUT2D eigenvalue weighted by molar-refractivity contribution is 7.12. The van der Waals surface area contributed by atoms with Crippen LogP contribution in [0.1, 0.15) is 27.9 Å². The molecule has 0 fully saturated rings. The van der Waals surface area contributed by atoms with Crippen LogP contribution in [0, 0.1) is 6.92 Å². The van der Waals surface area contributed by atoms with E-state index in [0.717, 1.165) is 5.56 Å². The Labute approximate surface area is 120 Å². The summed E-state index contributed by atoms with van der Waals surface area (Å²) in [5.74, 6) is -0.187. The molecule has 1 amide bonds. The van der Waals surface area contributed by atoms with Gasteiger partial charge in [0.15, 0.2) is 6.10 Å². The molecule has 0 radical (unpaired) electrons. The summed E-state index contributed by atoms with van der Waals surface area (Å²) in [6, 6.07) is 5.33. The van der Waals surface area contributed by atoms with E-state index in [9.17, 15) is 9.59 Å². The van der Waals surface area contributed by atoms with Crippen molar-refractivity contribution in [3.05, 3.63) is 46.0 Å². The second kappa shape index (κ2) is 6.38. The van der Waals surface area contributed by atoms with Crippen LogP contribution in [-0.4, -0.2) is 18.0 Å². The maximum absolute atomic E-state index is 11.9. The largest absolute Gasteiger partial charge is 0.467 e. The Bertz CT molecular complexity index is 588. The highest BCUT2D eigenvalue weighted by Crippen LogP contribution is 2.17. The van der Waals surface area contributed by atoms with Gasteiger partial charge >= 0.3 is 5.97 Å². The lowest BCUT2D eigenvalue weighted by Crippen LogP contribution is -2.35. The molecule has 0 bridgehead atoms. The van der Waals surface area contributed by atoms with Crippen molar-refractivity contribution in [3.8, 4) is 0 Å². The molecular formula is C14H15NO4S. The maximum Gasteiger partial charge on any atom is 0.349 e. The van der Waals surface area contributed by atoms with Crippen molar-refractivity contribution >= 4 is 23.2 Å². The summed E-state index contributed by atoms with van der Waals surface area (Å²) in [6.07, 6.45) is 0.684. The predicted octanol–water partition coefficient (Wildman–Crippen LogP) is 2.51. The molecule has 0 aliphatic rings. The molecule has 0 unspecified atom stereocenters. The van der Waals surface area contributed by atoms with E-state index in [2.05, 4.69) is 5.32 Å². The van der Waals surface area contributed by atoms with E-state index in [0.29, 0.717) is 10.6 Å². The van der Waals surface area contributed by atoms with E-state index >= 15 is 0 Å². The number of thiophene rings is 1. The van der Waals surface area contributed by atoms with E-state index in [1.807, 2.05) is 18.4 Å². The van der Waals surface area contributed by atoms with Crippen LogP contribution in [0.15, 0.2) is 34.3 Å². The molecule has 5 nitrogen and oxygen atoms in total. The zero-order chi connectivity index (χ0) is 14.5. The Morgan fingerprint density at radius 2 is 2.25 bits per heavy atom. The van der Waals surface area contributed by atoms with E-state index in [1.165, 1.54) is 24.5 Å². The predicted molar refractivity (Wildman–Crippen MR) is 74.5 cm³/mol. The van der Waals surface area contributed by atoms with E-state index < -0.39 is 12.1 Å². The second-order valence-corrected chi connectivity index (χ2v) is 5.19. The van der Waals surface area contributed by atoms with Gasteiger partial charge in [-0.1, -0.05) is 0 Å². The minimum Gasteiger partial charge on any atom is -0.467 e. The first-order valence-electron chi connectivity index (χ1n) is 6.13. The summed E-state index contributed by atoms with van der Waals surface area (Å²) in [7, 11) is 0. The fraction of sp³-hybridized carbons (Fsp3) is 0.286. The molecule has 0 saturated heterocycles. The van der Waals surface area contributed by atoms with E-state index in [-0.39, 0.29) is 12.5 Å². The number of amides is 1. The molecule has 6 heteroatoms. The number of rotatable bonds is 5. The molecule has 106 valence electrons. The Kier molecular flexibility index (Phi) is 4.57. The van der Waals surface area contributed by atoms with Gasteiger partial charge in [0.2, 0.25) is 0 Å². The number of hydrogen-bond donors (Lipinski definition) is 1. The number of carbonyl (C=O) groups is 2. The number of hydrogen-bond acceptors (Lipinski definition) is 5. The third kappa shape index (κ3) is 3.48. The summed E-state index contributed by atoms with van der Waals surface area (Å²) in [6.45, 7) is 3.64. The second-order valence-electron chi connectivity index (χ2n) is 4.28. The number of aryl methyl sites for hydroxylation is 1. The highest BCUT2D eigenvalue weighted by Gasteiger charge is 2.20. The first-order chi connectivity index (χ1) is 9.58. The summed E-state index contributed by atoms with van der Waals surface area (Å²) in [4.78, 5) is 24.2. The summed E-state index contributed by atoms with van der Waals surface area (Å²) in [5, 5.41) is 4.46. The summed E-state index contributed by atoms with van der Waals surface area (Å²) in [5.41, 5.74) is 0.850. The third-order valence-corrected chi connectivity index (χ3v) is 3.71. The van der Waals surface area contributed by atoms with Gasteiger partial charge in [0, 0.05) is 0 Å². The fourth-order valence-corrected chi connectivity index (χ4v) is 2.39. The number of carbonyl (C=O) groups excluding carboxylic acids is 2. The SMILES string of the molecule is Cc1ccsc1C(=O)O[C@H](C)C(=O)NCc1ccco1. The first kappa shape index (κ1) is 14.3. The number of esters is 1. The monoisotopic (exact) mass is 293 g/mol. The zero-order valence-corrected chi connectivity index (χ0v) is 12.0. The molecule has 1 atom stereocenters. The molecule has 20 heavy (non-hydrogen) atoms. The van der Waals surface area contributed by atoms with Crippen molar-refractivity contribution in [1.82, 2.24) is 5.32 Å². The smallest absolute Gasteiger partial charge is 0.349 e. The van der Waals surface area contributed by atoms with E-state index in [1.54, 1.807) is 12.1 Å². The molecule has 0 aromatic carbocycles. The van der Waals surface area contributed by atoms with Gasteiger partial charge in [0.1, 0.15) is 10.6 Å². The Balaban J connectivity index is 1.85. The molecule has 2 heterocycles. The first-order valence-corrected chi connectivity index (χ1v) is 7.01. The Hall–Kier alpha value is -2.08. The van der Waals surface area contributed by atoms with Crippen LogP contribution in [-0.2, 0) is 16.1 Å². The van der Waals surface area contributed by atoms with Gasteiger partial charge in [-0.25, -0.2) is 4.79 Å². The van der Waals surface area contributed by atoms with Crippen molar-refractivity contribution < 1.29 is 18.7 Å². The van der Waals surface area contributed by atoms with Crippen molar-refractivity contribution in [2.24, 2.45) is 0 Å². The van der Waals surface area contributed by atoms with Gasteiger partial charge in [-0.05, 0) is 43.0 Å². The van der Waals surface area contributed by atoms with Crippen LogP contribution in [0.2, 0.25) is 0 Å². The van der Waals surface area contributed by atoms with Gasteiger partial charge in [0.05, 0.1) is 12.8 Å². The van der Waals surface area contributed by atoms with Crippen LogP contribution < -0.4 is 5.32 Å². The van der Waals surface area contributed by atoms with Crippen molar-refractivity contribution in [2.75, 3.05) is 0 Å². The van der Waals surface area contributed by atoms with Crippen molar-refractivity contribution in [2.45, 2.75) is 26.5 Å². The minimum atomic E-state index is -0.848. The quantitative estimate of drug-likeness (QED) is 0.860. The van der Waals surface area contributed by atoms with Gasteiger partial charge in [-0.2, -0.15) is 0 Å². The van der Waals surface area contributed by atoms with Crippen LogP contribution in [0.4, 0.5) is 0 Å². The summed E-state index contributed by atoms with van der Waals surface area (Å²) < 4.78 is 10.2. The van der Waals surface area contributed by atoms with Crippen LogP contribution in [0.5, 0.6) is 0 Å². The standard InChI is InChI=1S/C14H15NO4S/c1-9-5-7-20-12(9)14(17)19-10(2)13(16)15-8-11-4-3-6-18-11/h3-7,10H,8H2,1-2H3,(H,15,16)/t10-/m1/s1. The average Bonchev–Trinajstić information content (AvgIpc) is 3.06. The lowest BCUT2D eigenvalue weighted by atomic mass is 10.3. The lowest BCUT2D eigenvalue weighted by molar-refractivity contribution is -0.129. The molecule has 2 rings (SSSR count). The lowest BCUT2D eigenvalue weighted by Gasteiger charge is -2.12. The molecule has 0 spiro atoms. The zero-order valence-electron chi connectivity index (χ0n) is 11.2. The van der Waals surface area contributed by atoms with Gasteiger partial charge < -0.3 is 14.5 Å². The summed E-state index contributed by atoms with van der Waals surface area (Å²) >= 11 is 1.30. The average molecular weight is 293 g/mol. The minimum absolute atomic E-state index is 0.270. The van der Waals surface area contributed by atoms with Crippen LogP contribution in [0.3, 0.4) is 0 Å². The number of furan rings is 1. The number of nitrogens with one attached hydrogen (secondary N) is 1. The number of ether oxygens (including phenoxy) is 1. The molecule has 2 aromatic rings. The molecule has 1 N–H and O–H groups in total. The van der Waals surface area contributed by atoms with Crippen LogP contribution in [0.25, 0.3) is 0 Å². The highest BCUT2D eigenvalue weighted by atomic mass is 32.1. The van der Waals surface area contributed by atoms with Crippen molar-refractivity contribution in [1.29, 1.82) is 0 Å². The molecular weight excluding hydrogens is 278 g/mol. The topological polar surface area (TPSA) is 68.5 Å². The Morgan fingerprint density at radius 1 is 1.45 bits per heavy atom. The molecule has 0 saturated carbocycles. The van der Waals surface area contributed by atoms with Crippen LogP contribution >= 0.6 is 11.3 Å². The van der Waals surface area contributed by atoms with Gasteiger partial charge in [0.25, 0.3) is 5.91 Å². The van der Waals surface area contributed by atoms with Gasteiger partial charge in [-0.15, -0.1) is 11.3 Å². The molecule has 0 aliphatic carbocycles. The maximum atomic E-state index is 11.9. The third-order valence-electron chi connectivity index (χ3n) is 2.72. The normalized spacial score (nSPS) is 11.9. The Morgan fingerprint density at radius 3 is 2.85 bits per heavy atom. The molecule has 0 aliphatic heterocycles. The van der Waals surface area contributed by atoms with Crippen molar-refractivity contribution in [3.63, 3.8) is 0 Å². The van der Waals surface area contributed by atoms with Gasteiger partial charge in [-0.3, -0.25) is 4.79 Å². The van der Waals surface area contributed by atoms with E-state index in [4.69, 9.17) is 9.15 Å². The molecule has 2 aromatic heterocycles. The fourth-order valence-electron chi connectivity index (χ4n) is 1.58.